The minimum Gasteiger partial charge on any atom is -0.358 e. The van der Waals surface area contributed by atoms with Crippen molar-refractivity contribution in [3.8, 4) is 0 Å². The molecule has 0 bridgehead atoms. The van der Waals surface area contributed by atoms with Gasteiger partial charge in [-0.1, -0.05) is 40.6 Å². The molecule has 26 heavy (non-hydrogen) atoms. The van der Waals surface area contributed by atoms with E-state index in [2.05, 4.69) is 31.4 Å². The van der Waals surface area contributed by atoms with Crippen LogP contribution in [0.25, 0.3) is 0 Å². The fourth-order valence-corrected chi connectivity index (χ4v) is 3.59. The largest absolute Gasteiger partial charge is 0.358 e. The van der Waals surface area contributed by atoms with Crippen LogP contribution in [0.2, 0.25) is 5.02 Å². The summed E-state index contributed by atoms with van der Waals surface area (Å²) in [5.74, 6) is -0.940. The number of nitrogens with one attached hydrogen (secondary N) is 2. The molecule has 1 aromatic heterocycles. The van der Waals surface area contributed by atoms with Crippen LogP contribution in [0.3, 0.4) is 0 Å². The summed E-state index contributed by atoms with van der Waals surface area (Å²) < 4.78 is 0.00263. The summed E-state index contributed by atoms with van der Waals surface area (Å²) in [5.41, 5.74) is 0.470. The fraction of sp³-hybridized carbons (Fsp3) is 0. The quantitative estimate of drug-likeness (QED) is 0.411. The topological polar surface area (TPSA) is 101 Å². The van der Waals surface area contributed by atoms with Crippen molar-refractivity contribution in [3.63, 3.8) is 0 Å². The molecule has 10 heteroatoms. The van der Waals surface area contributed by atoms with Crippen LogP contribution in [-0.2, 0) is 0 Å². The molecule has 1 amide bonds. The van der Waals surface area contributed by atoms with Gasteiger partial charge in [0.2, 0.25) is 0 Å². The maximum absolute atomic E-state index is 12.4. The first kappa shape index (κ1) is 18.4. The summed E-state index contributed by atoms with van der Waals surface area (Å²) in [6, 6.07) is 14.5. The van der Waals surface area contributed by atoms with Gasteiger partial charge in [0.15, 0.2) is 5.69 Å². The van der Waals surface area contributed by atoms with E-state index in [4.69, 9.17) is 11.6 Å². The maximum atomic E-state index is 12.4. The lowest BCUT2D eigenvalue weighted by Crippen LogP contribution is -2.13. The Morgan fingerprint density at radius 1 is 1.23 bits per heavy atom. The van der Waals surface area contributed by atoms with Gasteiger partial charge < -0.3 is 15.4 Å². The van der Waals surface area contributed by atoms with Gasteiger partial charge in [-0.2, -0.15) is 0 Å². The molecule has 0 atom stereocenters. The maximum Gasteiger partial charge on any atom is 0.357 e. The highest BCUT2D eigenvalue weighted by Gasteiger charge is 2.25. The molecule has 0 spiro atoms. The van der Waals surface area contributed by atoms with Crippen molar-refractivity contribution >= 4 is 56.7 Å². The average molecular weight is 454 g/mol. The van der Waals surface area contributed by atoms with Crippen LogP contribution in [-0.4, -0.2) is 21.0 Å². The first-order valence-electron chi connectivity index (χ1n) is 7.18. The molecule has 3 aromatic rings. The Balaban J connectivity index is 1.83. The molecule has 2 N–H and O–H groups in total. The third kappa shape index (κ3) is 4.06. The number of aromatic amines is 1. The molecule has 0 saturated carbocycles. The van der Waals surface area contributed by atoms with Crippen molar-refractivity contribution in [2.45, 2.75) is 9.79 Å². The highest BCUT2D eigenvalue weighted by atomic mass is 79.9. The van der Waals surface area contributed by atoms with Gasteiger partial charge in [0, 0.05) is 14.8 Å². The molecule has 2 aromatic carbocycles. The molecule has 0 fully saturated rings. The van der Waals surface area contributed by atoms with E-state index in [1.807, 2.05) is 24.3 Å². The number of para-hydroxylation sites is 1. The van der Waals surface area contributed by atoms with Gasteiger partial charge in [0.1, 0.15) is 4.47 Å². The summed E-state index contributed by atoms with van der Waals surface area (Å²) in [6.07, 6.45) is 0. The van der Waals surface area contributed by atoms with Crippen molar-refractivity contribution in [2.24, 2.45) is 0 Å². The molecule has 132 valence electrons. The summed E-state index contributed by atoms with van der Waals surface area (Å²) in [5, 5.41) is 20.2. The van der Waals surface area contributed by atoms with E-state index in [0.717, 1.165) is 9.79 Å². The lowest BCUT2D eigenvalue weighted by atomic mass is 10.3. The van der Waals surface area contributed by atoms with Crippen LogP contribution >= 0.6 is 39.3 Å². The fourth-order valence-electron chi connectivity index (χ4n) is 2.06. The number of nitro groups is 1. The second-order valence-electron chi connectivity index (χ2n) is 5.00. The van der Waals surface area contributed by atoms with Crippen molar-refractivity contribution < 1.29 is 9.72 Å². The third-order valence-electron chi connectivity index (χ3n) is 3.26. The number of hydrogen-bond acceptors (Lipinski definition) is 5. The monoisotopic (exact) mass is 452 g/mol. The predicted octanol–water partition coefficient (Wildman–Crippen LogP) is 5.14. The molecular weight excluding hydrogens is 444 g/mol. The summed E-state index contributed by atoms with van der Waals surface area (Å²) in [6.45, 7) is 0. The average Bonchev–Trinajstić information content (AvgIpc) is 3.00. The Morgan fingerprint density at radius 3 is 2.58 bits per heavy atom. The minimum atomic E-state index is -0.655. The number of H-pyrrole nitrogens is 1. The van der Waals surface area contributed by atoms with E-state index >= 15 is 0 Å². The zero-order valence-corrected chi connectivity index (χ0v) is 16.1. The normalized spacial score (nSPS) is 10.5. The summed E-state index contributed by atoms with van der Waals surface area (Å²) in [7, 11) is 0. The molecular formula is C16H10BrClN4O3S. The predicted molar refractivity (Wildman–Crippen MR) is 103 cm³/mol. The molecule has 0 saturated heterocycles. The van der Waals surface area contributed by atoms with Crippen molar-refractivity contribution in [1.82, 2.24) is 10.2 Å². The van der Waals surface area contributed by atoms with Gasteiger partial charge in [-0.05, 0) is 57.3 Å². The molecule has 0 aliphatic carbocycles. The van der Waals surface area contributed by atoms with Gasteiger partial charge in [-0.25, -0.2) is 0 Å². The molecule has 0 aliphatic heterocycles. The van der Waals surface area contributed by atoms with Gasteiger partial charge >= 0.3 is 5.82 Å². The van der Waals surface area contributed by atoms with Crippen LogP contribution in [0.15, 0.2) is 62.8 Å². The van der Waals surface area contributed by atoms with Gasteiger partial charge in [-0.3, -0.25) is 4.79 Å². The van der Waals surface area contributed by atoms with Crippen LogP contribution in [0.5, 0.6) is 0 Å². The second kappa shape index (κ2) is 7.90. The first-order chi connectivity index (χ1) is 12.5. The van der Waals surface area contributed by atoms with E-state index in [-0.39, 0.29) is 16.0 Å². The Morgan fingerprint density at radius 2 is 1.92 bits per heavy atom. The summed E-state index contributed by atoms with van der Waals surface area (Å²) >= 11 is 10.4. The zero-order chi connectivity index (χ0) is 18.7. The van der Waals surface area contributed by atoms with E-state index in [1.165, 1.54) is 11.8 Å². The van der Waals surface area contributed by atoms with Crippen molar-refractivity contribution in [1.29, 1.82) is 0 Å². The van der Waals surface area contributed by atoms with Crippen molar-refractivity contribution in [2.75, 3.05) is 5.32 Å². The van der Waals surface area contributed by atoms with E-state index in [9.17, 15) is 14.9 Å². The number of benzene rings is 2. The zero-order valence-electron chi connectivity index (χ0n) is 12.9. The van der Waals surface area contributed by atoms with Crippen LogP contribution in [0.4, 0.5) is 11.5 Å². The lowest BCUT2D eigenvalue weighted by molar-refractivity contribution is -0.390. The second-order valence-corrected chi connectivity index (χ2v) is 7.34. The Labute approximate surface area is 165 Å². The van der Waals surface area contributed by atoms with E-state index < -0.39 is 10.8 Å². The third-order valence-corrected chi connectivity index (χ3v) is 5.35. The smallest absolute Gasteiger partial charge is 0.357 e. The lowest BCUT2D eigenvalue weighted by Gasteiger charge is -2.10. The van der Waals surface area contributed by atoms with Gasteiger partial charge in [-0.15, -0.1) is 5.10 Å². The molecule has 0 unspecified atom stereocenters. The molecule has 3 rings (SSSR count). The molecule has 0 aliphatic rings. The van der Waals surface area contributed by atoms with Crippen LogP contribution in [0, 0.1) is 10.1 Å². The standard InChI is InChI=1S/C16H10BrClN4O3S/c17-13-14(20-21-15(13)22(24)25)16(23)19-11-3-1-2-4-12(11)26-10-7-5-9(18)6-8-10/h1-8H,(H,19,23)(H,20,21). The van der Waals surface area contributed by atoms with Gasteiger partial charge in [0.05, 0.1) is 5.69 Å². The number of hydrogen-bond donors (Lipinski definition) is 2. The Hall–Kier alpha value is -2.36. The highest BCUT2D eigenvalue weighted by molar-refractivity contribution is 9.10. The number of nitrogens with zero attached hydrogens (tertiary/aromatic N) is 2. The number of anilines is 1. The van der Waals surface area contributed by atoms with Crippen molar-refractivity contribution in [3.05, 3.63) is 73.8 Å². The first-order valence-corrected chi connectivity index (χ1v) is 9.16. The van der Waals surface area contributed by atoms with Gasteiger partial charge in [0.25, 0.3) is 5.91 Å². The highest BCUT2D eigenvalue weighted by Crippen LogP contribution is 2.34. The SMILES string of the molecule is O=C(Nc1ccccc1Sc1ccc(Cl)cc1)c1n[nH]c([N+](=O)[O-])c1Br. The van der Waals surface area contributed by atoms with E-state index in [0.29, 0.717) is 10.7 Å². The molecule has 7 nitrogen and oxygen atoms in total. The number of rotatable bonds is 5. The molecule has 0 radical (unpaired) electrons. The number of carbonyl (C=O) groups excluding carboxylic acids is 1. The summed E-state index contributed by atoms with van der Waals surface area (Å²) in [4.78, 5) is 24.4. The van der Waals surface area contributed by atoms with Crippen LogP contribution < -0.4 is 5.32 Å². The number of amides is 1. The van der Waals surface area contributed by atoms with Crippen LogP contribution in [0.1, 0.15) is 10.5 Å². The number of halogens is 2. The number of aromatic nitrogens is 2. The molecule has 1 heterocycles. The Bertz CT molecular complexity index is 978. The number of carbonyl (C=O) groups is 1. The minimum absolute atomic E-state index is 0.00263. The Kier molecular flexibility index (Phi) is 5.60. The van der Waals surface area contributed by atoms with E-state index in [1.54, 1.807) is 24.3 Å².